The summed E-state index contributed by atoms with van der Waals surface area (Å²) in [7, 11) is -2.93. The van der Waals surface area contributed by atoms with Crippen molar-refractivity contribution < 1.29 is 27.5 Å². The van der Waals surface area contributed by atoms with E-state index in [1.54, 1.807) is 42.5 Å². The molecule has 0 aromatic heterocycles. The van der Waals surface area contributed by atoms with E-state index in [1.807, 2.05) is 6.08 Å². The van der Waals surface area contributed by atoms with Crippen LogP contribution in [0.15, 0.2) is 71.3 Å². The lowest BCUT2D eigenvalue weighted by atomic mass is 10.1. The molecule has 8 nitrogen and oxygen atoms in total. The molecule has 1 atom stereocenters. The number of hydrogen-bond acceptors (Lipinski definition) is 6. The van der Waals surface area contributed by atoms with E-state index < -0.39 is 22.0 Å². The van der Waals surface area contributed by atoms with Gasteiger partial charge in [-0.05, 0) is 60.9 Å². The van der Waals surface area contributed by atoms with Gasteiger partial charge in [0.05, 0.1) is 18.6 Å². The normalized spacial score (nSPS) is 15.8. The minimum Gasteiger partial charge on any atom is -0.489 e. The van der Waals surface area contributed by atoms with Crippen LogP contribution in [0.4, 0.5) is 5.69 Å². The molecule has 0 saturated heterocycles. The van der Waals surface area contributed by atoms with Crippen molar-refractivity contribution in [2.24, 2.45) is 0 Å². The highest BCUT2D eigenvalue weighted by Crippen LogP contribution is 2.32. The zero-order valence-corrected chi connectivity index (χ0v) is 21.7. The van der Waals surface area contributed by atoms with Crippen LogP contribution in [-0.4, -0.2) is 50.9 Å². The van der Waals surface area contributed by atoms with Crippen LogP contribution < -0.4 is 9.64 Å². The fraction of sp³-hybridized carbons (Fsp3) is 0.370. The van der Waals surface area contributed by atoms with Gasteiger partial charge in [0.25, 0.3) is 0 Å². The molecule has 9 heteroatoms. The van der Waals surface area contributed by atoms with Crippen molar-refractivity contribution in [3.05, 3.63) is 72.0 Å². The maximum Gasteiger partial charge on any atom is 0.326 e. The number of ether oxygens (including phenoxy) is 2. The van der Waals surface area contributed by atoms with Gasteiger partial charge in [0.2, 0.25) is 15.9 Å². The predicted molar refractivity (Wildman–Crippen MR) is 137 cm³/mol. The number of anilines is 1. The van der Waals surface area contributed by atoms with Crippen molar-refractivity contribution in [1.82, 2.24) is 4.31 Å². The van der Waals surface area contributed by atoms with Gasteiger partial charge >= 0.3 is 5.97 Å². The van der Waals surface area contributed by atoms with Crippen LogP contribution >= 0.6 is 0 Å². The molecule has 0 fully saturated rings. The van der Waals surface area contributed by atoms with Gasteiger partial charge in [0.15, 0.2) is 0 Å². The molecule has 0 saturated carbocycles. The summed E-state index contributed by atoms with van der Waals surface area (Å²) in [5.74, 6) is -0.531. The van der Waals surface area contributed by atoms with Crippen LogP contribution in [0.2, 0.25) is 0 Å². The fourth-order valence-corrected chi connectivity index (χ4v) is 5.48. The van der Waals surface area contributed by atoms with Crippen LogP contribution in [0.1, 0.15) is 38.7 Å². The number of carbonyl (C=O) groups is 2. The van der Waals surface area contributed by atoms with Crippen molar-refractivity contribution in [3.8, 4) is 5.75 Å². The molecule has 2 aromatic rings. The second-order valence-electron chi connectivity index (χ2n) is 8.35. The lowest BCUT2D eigenvalue weighted by molar-refractivity contribution is -0.144. The maximum absolute atomic E-state index is 13.7. The molecule has 1 heterocycles. The Morgan fingerprint density at radius 3 is 2.50 bits per heavy atom. The van der Waals surface area contributed by atoms with E-state index in [2.05, 4.69) is 12.7 Å². The number of carbonyl (C=O) groups excluding carboxylic acids is 2. The summed E-state index contributed by atoms with van der Waals surface area (Å²) >= 11 is 0. The monoisotopic (exact) mass is 512 g/mol. The molecule has 1 aliphatic rings. The van der Waals surface area contributed by atoms with Crippen LogP contribution in [0.5, 0.6) is 5.75 Å². The molecule has 0 radical (unpaired) electrons. The molecule has 192 valence electrons. The number of fused-ring (bicyclic) bond motifs is 1. The topological polar surface area (TPSA) is 93.2 Å². The van der Waals surface area contributed by atoms with Gasteiger partial charge in [-0.2, -0.15) is 4.31 Å². The number of hydrogen-bond donors (Lipinski definition) is 0. The average Bonchev–Trinajstić information content (AvgIpc) is 3.06. The molecule has 36 heavy (non-hydrogen) atoms. The number of para-hydroxylation sites is 1. The summed E-state index contributed by atoms with van der Waals surface area (Å²) in [5, 5.41) is 0. The first-order valence-electron chi connectivity index (χ1n) is 11.9. The molecular formula is C27H32N2O6S. The third-order valence-corrected chi connectivity index (χ3v) is 7.74. The number of methoxy groups -OCH3 is 1. The highest BCUT2D eigenvalue weighted by molar-refractivity contribution is 7.89. The van der Waals surface area contributed by atoms with Crippen LogP contribution in [0.3, 0.4) is 0 Å². The van der Waals surface area contributed by atoms with E-state index in [1.165, 1.54) is 31.1 Å². The van der Waals surface area contributed by atoms with E-state index in [0.29, 0.717) is 23.6 Å². The molecule has 1 unspecified atom stereocenters. The Labute approximate surface area is 212 Å². The first kappa shape index (κ1) is 27.2. The van der Waals surface area contributed by atoms with Gasteiger partial charge in [-0.3, -0.25) is 9.59 Å². The quantitative estimate of drug-likeness (QED) is 0.286. The van der Waals surface area contributed by atoms with E-state index >= 15 is 0 Å². The zero-order valence-electron chi connectivity index (χ0n) is 20.8. The summed E-state index contributed by atoms with van der Waals surface area (Å²) in [5.41, 5.74) is 4.25. The Bertz CT molecular complexity index is 1230. The Morgan fingerprint density at radius 2 is 1.83 bits per heavy atom. The molecule has 0 aliphatic carbocycles. The Kier molecular flexibility index (Phi) is 9.47. The number of amides is 1. The van der Waals surface area contributed by atoms with Crippen LogP contribution in [-0.2, 0) is 30.9 Å². The molecule has 0 spiro atoms. The van der Waals surface area contributed by atoms with Crippen molar-refractivity contribution in [2.45, 2.75) is 50.6 Å². The van der Waals surface area contributed by atoms with E-state index in [-0.39, 0.29) is 23.9 Å². The minimum absolute atomic E-state index is 0.00696. The second kappa shape index (κ2) is 12.5. The summed E-state index contributed by atoms with van der Waals surface area (Å²) in [4.78, 5) is 26.5. The SMILES string of the molecule is CCCCC=C=CCOc1ccc(S(=O)(=O)N2Cc3ccccc3N(C(C)=O)CC2C(=O)OC)cc1. The standard InChI is InChI=1S/C27H32N2O6S/c1-4-5-6-7-8-11-18-35-23-14-16-24(17-15-23)36(32,33)29-19-22-12-9-10-13-25(22)28(21(2)30)20-26(29)27(31)34-3/h7,9-17,26H,4-6,18-20H2,1-3H3. The number of esters is 1. The highest BCUT2D eigenvalue weighted by atomic mass is 32.2. The summed E-state index contributed by atoms with van der Waals surface area (Å²) in [6, 6.07) is 11.8. The number of sulfonamides is 1. The lowest BCUT2D eigenvalue weighted by Gasteiger charge is -2.29. The van der Waals surface area contributed by atoms with E-state index in [4.69, 9.17) is 9.47 Å². The van der Waals surface area contributed by atoms with Gasteiger partial charge in [-0.1, -0.05) is 31.5 Å². The third-order valence-electron chi connectivity index (χ3n) is 5.87. The molecule has 0 bridgehead atoms. The van der Waals surface area contributed by atoms with Gasteiger partial charge in [-0.25, -0.2) is 8.42 Å². The number of rotatable bonds is 9. The van der Waals surface area contributed by atoms with Crippen molar-refractivity contribution >= 4 is 27.6 Å². The summed E-state index contributed by atoms with van der Waals surface area (Å²) in [6.45, 7) is 3.58. The summed E-state index contributed by atoms with van der Waals surface area (Å²) < 4.78 is 39.1. The first-order chi connectivity index (χ1) is 17.3. The second-order valence-corrected chi connectivity index (χ2v) is 10.2. The third kappa shape index (κ3) is 6.43. The smallest absolute Gasteiger partial charge is 0.326 e. The molecule has 0 N–H and O–H groups in total. The Balaban J connectivity index is 1.86. The van der Waals surface area contributed by atoms with Crippen molar-refractivity contribution in [3.63, 3.8) is 0 Å². The summed E-state index contributed by atoms with van der Waals surface area (Å²) in [6.07, 6.45) is 6.95. The average molecular weight is 513 g/mol. The van der Waals surface area contributed by atoms with E-state index in [9.17, 15) is 18.0 Å². The van der Waals surface area contributed by atoms with Gasteiger partial charge in [0, 0.05) is 19.2 Å². The van der Waals surface area contributed by atoms with Gasteiger partial charge in [-0.15, -0.1) is 5.73 Å². The van der Waals surface area contributed by atoms with Crippen molar-refractivity contribution in [1.29, 1.82) is 0 Å². The molecule has 1 amide bonds. The highest BCUT2D eigenvalue weighted by Gasteiger charge is 2.41. The molecule has 2 aromatic carbocycles. The number of nitrogens with zero attached hydrogens (tertiary/aromatic N) is 2. The van der Waals surface area contributed by atoms with Gasteiger partial charge in [0.1, 0.15) is 18.4 Å². The predicted octanol–water partition coefficient (Wildman–Crippen LogP) is 4.07. The number of benzene rings is 2. The lowest BCUT2D eigenvalue weighted by Crippen LogP contribution is -2.50. The Hall–Kier alpha value is -3.39. The Morgan fingerprint density at radius 1 is 1.11 bits per heavy atom. The molecular weight excluding hydrogens is 480 g/mol. The van der Waals surface area contributed by atoms with Crippen LogP contribution in [0, 0.1) is 0 Å². The van der Waals surface area contributed by atoms with Gasteiger partial charge < -0.3 is 14.4 Å². The largest absolute Gasteiger partial charge is 0.489 e. The van der Waals surface area contributed by atoms with E-state index in [0.717, 1.165) is 23.6 Å². The number of unbranched alkanes of at least 4 members (excludes halogenated alkanes) is 2. The van der Waals surface area contributed by atoms with Crippen LogP contribution in [0.25, 0.3) is 0 Å². The zero-order chi connectivity index (χ0) is 26.1. The van der Waals surface area contributed by atoms with Crippen molar-refractivity contribution in [2.75, 3.05) is 25.2 Å². The minimum atomic E-state index is -4.12. The molecule has 1 aliphatic heterocycles. The molecule has 3 rings (SSSR count). The maximum atomic E-state index is 13.7. The first-order valence-corrected chi connectivity index (χ1v) is 13.3. The fourth-order valence-electron chi connectivity index (χ4n) is 3.93.